The van der Waals surface area contributed by atoms with Crippen molar-refractivity contribution in [2.75, 3.05) is 20.2 Å². The second-order valence-electron chi connectivity index (χ2n) is 7.46. The maximum Gasteiger partial charge on any atom is 0.222 e. The van der Waals surface area contributed by atoms with Crippen LogP contribution >= 0.6 is 0 Å². The molecular formula is C23H29N3O3. The van der Waals surface area contributed by atoms with Gasteiger partial charge >= 0.3 is 0 Å². The van der Waals surface area contributed by atoms with Gasteiger partial charge in [0.2, 0.25) is 11.8 Å². The number of hydrogen-bond acceptors (Lipinski definition) is 4. The Balaban J connectivity index is 1.56. The number of likely N-dealkylation sites (tertiary alicyclic amines) is 1. The van der Waals surface area contributed by atoms with Crippen molar-refractivity contribution in [1.82, 2.24) is 15.2 Å². The molecule has 6 nitrogen and oxygen atoms in total. The van der Waals surface area contributed by atoms with Gasteiger partial charge in [0.25, 0.3) is 0 Å². The van der Waals surface area contributed by atoms with Crippen molar-refractivity contribution in [2.24, 2.45) is 5.92 Å². The van der Waals surface area contributed by atoms with Crippen molar-refractivity contribution < 1.29 is 14.3 Å². The molecule has 0 bridgehead atoms. The van der Waals surface area contributed by atoms with Crippen LogP contribution in [0.25, 0.3) is 0 Å². The maximum atomic E-state index is 12.7. The highest BCUT2D eigenvalue weighted by atomic mass is 16.5. The van der Waals surface area contributed by atoms with E-state index in [4.69, 9.17) is 4.74 Å². The molecule has 1 aliphatic heterocycles. The van der Waals surface area contributed by atoms with Crippen molar-refractivity contribution in [3.8, 4) is 5.75 Å². The first-order valence-electron chi connectivity index (χ1n) is 10.2. The Morgan fingerprint density at radius 3 is 2.55 bits per heavy atom. The third-order valence-corrected chi connectivity index (χ3v) is 5.53. The Morgan fingerprint density at radius 1 is 1.17 bits per heavy atom. The van der Waals surface area contributed by atoms with Crippen LogP contribution in [0.3, 0.4) is 0 Å². The van der Waals surface area contributed by atoms with Crippen LogP contribution in [0.4, 0.5) is 0 Å². The lowest BCUT2D eigenvalue weighted by Crippen LogP contribution is -2.43. The van der Waals surface area contributed by atoms with Gasteiger partial charge in [-0.1, -0.05) is 24.3 Å². The van der Waals surface area contributed by atoms with Crippen LogP contribution in [0.1, 0.15) is 43.5 Å². The number of hydrogen-bond donors (Lipinski definition) is 1. The van der Waals surface area contributed by atoms with Gasteiger partial charge in [0.15, 0.2) is 0 Å². The van der Waals surface area contributed by atoms with Gasteiger partial charge in [0.1, 0.15) is 5.75 Å². The quantitative estimate of drug-likeness (QED) is 0.782. The third kappa shape index (κ3) is 5.56. The first-order valence-corrected chi connectivity index (χ1v) is 10.2. The van der Waals surface area contributed by atoms with Crippen LogP contribution in [0.5, 0.6) is 5.75 Å². The summed E-state index contributed by atoms with van der Waals surface area (Å²) < 4.78 is 5.37. The first kappa shape index (κ1) is 20.8. The number of carbonyl (C=O) groups excluding carboxylic acids is 2. The predicted octanol–water partition coefficient (Wildman–Crippen LogP) is 3.14. The number of nitrogens with one attached hydrogen (secondary N) is 1. The van der Waals surface area contributed by atoms with Crippen LogP contribution in [-0.4, -0.2) is 41.9 Å². The summed E-state index contributed by atoms with van der Waals surface area (Å²) in [5, 5.41) is 3.05. The van der Waals surface area contributed by atoms with Gasteiger partial charge in [0.05, 0.1) is 18.8 Å². The predicted molar refractivity (Wildman–Crippen MR) is 111 cm³/mol. The zero-order valence-electron chi connectivity index (χ0n) is 17.1. The van der Waals surface area contributed by atoms with E-state index < -0.39 is 0 Å². The van der Waals surface area contributed by atoms with Gasteiger partial charge in [-0.3, -0.25) is 14.6 Å². The molecule has 1 aliphatic rings. The topological polar surface area (TPSA) is 71.5 Å². The minimum absolute atomic E-state index is 0.0593. The standard InChI is InChI=1S/C23H29N3O3/c1-17(27)25-23(20-8-5-6-14-24-20)19-12-15-26(16-13-19)22(28)11-10-18-7-3-4-9-21(18)29-2/h3-9,14,19,23H,10-13,15-16H2,1-2H3,(H,25,27). The van der Waals surface area contributed by atoms with E-state index in [1.165, 1.54) is 6.92 Å². The number of piperidine rings is 1. The number of ether oxygens (including phenoxy) is 1. The lowest BCUT2D eigenvalue weighted by Gasteiger charge is -2.36. The summed E-state index contributed by atoms with van der Waals surface area (Å²) in [4.78, 5) is 30.8. The molecule has 6 heteroatoms. The number of aryl methyl sites for hydroxylation is 1. The second-order valence-corrected chi connectivity index (χ2v) is 7.46. The minimum Gasteiger partial charge on any atom is -0.496 e. The van der Waals surface area contributed by atoms with E-state index in [9.17, 15) is 9.59 Å². The van der Waals surface area contributed by atoms with Crippen LogP contribution in [0.2, 0.25) is 0 Å². The summed E-state index contributed by atoms with van der Waals surface area (Å²) >= 11 is 0. The summed E-state index contributed by atoms with van der Waals surface area (Å²) in [6, 6.07) is 13.5. The largest absolute Gasteiger partial charge is 0.496 e. The molecular weight excluding hydrogens is 366 g/mol. The molecule has 154 valence electrons. The van der Waals surface area contributed by atoms with Gasteiger partial charge in [-0.2, -0.15) is 0 Å². The number of pyridine rings is 1. The van der Waals surface area contributed by atoms with Crippen LogP contribution in [0.15, 0.2) is 48.7 Å². The van der Waals surface area contributed by atoms with E-state index in [0.717, 1.165) is 29.8 Å². The number of aromatic nitrogens is 1. The van der Waals surface area contributed by atoms with Gasteiger partial charge in [-0.05, 0) is 48.9 Å². The van der Waals surface area contributed by atoms with Crippen LogP contribution in [-0.2, 0) is 16.0 Å². The van der Waals surface area contributed by atoms with E-state index in [-0.39, 0.29) is 23.8 Å². The van der Waals surface area contributed by atoms with E-state index in [0.29, 0.717) is 25.9 Å². The summed E-state index contributed by atoms with van der Waals surface area (Å²) in [6.07, 6.45) is 4.59. The zero-order valence-corrected chi connectivity index (χ0v) is 17.1. The molecule has 1 aromatic heterocycles. The number of methoxy groups -OCH3 is 1. The molecule has 2 heterocycles. The molecule has 2 aromatic rings. The van der Waals surface area contributed by atoms with E-state index >= 15 is 0 Å². The SMILES string of the molecule is COc1ccccc1CCC(=O)N1CCC(C(NC(C)=O)c2ccccn2)CC1. The number of benzene rings is 1. The summed E-state index contributed by atoms with van der Waals surface area (Å²) in [5.74, 6) is 1.21. The second kappa shape index (κ2) is 10.0. The minimum atomic E-state index is -0.112. The summed E-state index contributed by atoms with van der Waals surface area (Å²) in [7, 11) is 1.65. The Morgan fingerprint density at radius 2 is 1.90 bits per heavy atom. The number of rotatable bonds is 7. The molecule has 1 fully saturated rings. The summed E-state index contributed by atoms with van der Waals surface area (Å²) in [5.41, 5.74) is 1.93. The highest BCUT2D eigenvalue weighted by Gasteiger charge is 2.30. The van der Waals surface area contributed by atoms with Crippen molar-refractivity contribution in [3.63, 3.8) is 0 Å². The molecule has 3 rings (SSSR count). The molecule has 29 heavy (non-hydrogen) atoms. The third-order valence-electron chi connectivity index (χ3n) is 5.53. The lowest BCUT2D eigenvalue weighted by molar-refractivity contribution is -0.133. The highest BCUT2D eigenvalue weighted by molar-refractivity contribution is 5.76. The van der Waals surface area contributed by atoms with Crippen LogP contribution in [0, 0.1) is 5.92 Å². The van der Waals surface area contributed by atoms with Gasteiger partial charge in [-0.25, -0.2) is 0 Å². The van der Waals surface area contributed by atoms with Crippen molar-refractivity contribution in [1.29, 1.82) is 0 Å². The maximum absolute atomic E-state index is 12.7. The fraction of sp³-hybridized carbons (Fsp3) is 0.435. The number of amides is 2. The lowest BCUT2D eigenvalue weighted by atomic mass is 9.87. The molecule has 0 radical (unpaired) electrons. The van der Waals surface area contributed by atoms with Crippen molar-refractivity contribution in [2.45, 2.75) is 38.6 Å². The van der Waals surface area contributed by atoms with E-state index in [2.05, 4.69) is 10.3 Å². The monoisotopic (exact) mass is 395 g/mol. The van der Waals surface area contributed by atoms with Gasteiger partial charge in [-0.15, -0.1) is 0 Å². The molecule has 1 atom stereocenters. The molecule has 1 saturated heterocycles. The molecule has 0 spiro atoms. The van der Waals surface area contributed by atoms with E-state index in [1.54, 1.807) is 13.3 Å². The molecule has 0 saturated carbocycles. The average Bonchev–Trinajstić information content (AvgIpc) is 2.76. The van der Waals surface area contributed by atoms with Gasteiger partial charge < -0.3 is 15.0 Å². The molecule has 1 unspecified atom stereocenters. The average molecular weight is 396 g/mol. The Labute approximate surface area is 172 Å². The Kier molecular flexibility index (Phi) is 7.22. The number of carbonyl (C=O) groups is 2. The number of nitrogens with zero attached hydrogens (tertiary/aromatic N) is 2. The van der Waals surface area contributed by atoms with E-state index in [1.807, 2.05) is 47.4 Å². The molecule has 2 amide bonds. The zero-order chi connectivity index (χ0) is 20.6. The fourth-order valence-corrected chi connectivity index (χ4v) is 4.00. The molecule has 0 aliphatic carbocycles. The van der Waals surface area contributed by atoms with Crippen LogP contribution < -0.4 is 10.1 Å². The van der Waals surface area contributed by atoms with Crippen molar-refractivity contribution >= 4 is 11.8 Å². The molecule has 1 aromatic carbocycles. The number of para-hydroxylation sites is 1. The normalized spacial score (nSPS) is 15.6. The van der Waals surface area contributed by atoms with Crippen molar-refractivity contribution in [3.05, 3.63) is 59.9 Å². The summed E-state index contributed by atoms with van der Waals surface area (Å²) in [6.45, 7) is 2.95. The molecule has 1 N–H and O–H groups in total. The smallest absolute Gasteiger partial charge is 0.222 e. The Hall–Kier alpha value is -2.89. The Bertz CT molecular complexity index is 817. The fourth-order valence-electron chi connectivity index (χ4n) is 4.00. The van der Waals surface area contributed by atoms with Gasteiger partial charge in [0, 0.05) is 32.6 Å². The first-order chi connectivity index (χ1) is 14.1. The highest BCUT2D eigenvalue weighted by Crippen LogP contribution is 2.30.